The van der Waals surface area contributed by atoms with E-state index in [0.29, 0.717) is 13.2 Å². The summed E-state index contributed by atoms with van der Waals surface area (Å²) >= 11 is 0. The third-order valence-electron chi connectivity index (χ3n) is 3.67. The molecular formula is C16H24N2O2. The number of benzene rings is 1. The first-order valence-electron chi connectivity index (χ1n) is 7.29. The lowest BCUT2D eigenvalue weighted by atomic mass is 10.0. The van der Waals surface area contributed by atoms with E-state index in [4.69, 9.17) is 10.5 Å². The van der Waals surface area contributed by atoms with E-state index >= 15 is 0 Å². The van der Waals surface area contributed by atoms with Gasteiger partial charge in [0.15, 0.2) is 0 Å². The normalized spacial score (nSPS) is 16.4. The van der Waals surface area contributed by atoms with Crippen molar-refractivity contribution in [3.8, 4) is 0 Å². The number of hydrogen-bond acceptors (Lipinski definition) is 3. The molecule has 1 aliphatic heterocycles. The van der Waals surface area contributed by atoms with Gasteiger partial charge in [-0.05, 0) is 38.8 Å². The van der Waals surface area contributed by atoms with E-state index < -0.39 is 0 Å². The molecule has 0 aliphatic carbocycles. The molecule has 1 heterocycles. The van der Waals surface area contributed by atoms with E-state index in [0.717, 1.165) is 42.6 Å². The maximum absolute atomic E-state index is 12.5. The zero-order chi connectivity index (χ0) is 14.5. The lowest BCUT2D eigenvalue weighted by molar-refractivity contribution is 0.0121. The van der Waals surface area contributed by atoms with Crippen LogP contribution in [0.1, 0.15) is 34.3 Å². The molecule has 1 fully saturated rings. The quantitative estimate of drug-likeness (QED) is 0.913. The number of nitrogens with two attached hydrogens (primary N) is 1. The molecule has 0 aromatic heterocycles. The molecule has 2 N–H and O–H groups in total. The topological polar surface area (TPSA) is 55.6 Å². The number of carbonyl (C=O) groups excluding carboxylic acids is 1. The molecule has 1 saturated heterocycles. The molecule has 0 unspecified atom stereocenters. The van der Waals surface area contributed by atoms with Gasteiger partial charge in [-0.25, -0.2) is 0 Å². The Morgan fingerprint density at radius 3 is 2.40 bits per heavy atom. The summed E-state index contributed by atoms with van der Waals surface area (Å²) in [6.07, 6.45) is 2.05. The van der Waals surface area contributed by atoms with Crippen LogP contribution in [0.2, 0.25) is 0 Å². The Kier molecular flexibility index (Phi) is 5.15. The Balaban J connectivity index is 1.94. The summed E-state index contributed by atoms with van der Waals surface area (Å²) in [7, 11) is 0. The first kappa shape index (κ1) is 15.0. The maximum Gasteiger partial charge on any atom is 0.253 e. The fraction of sp³-hybridized carbons (Fsp3) is 0.562. The first-order chi connectivity index (χ1) is 9.60. The molecule has 1 aromatic rings. The minimum atomic E-state index is 0.133. The summed E-state index contributed by atoms with van der Waals surface area (Å²) < 4.78 is 5.64. The highest BCUT2D eigenvalue weighted by Gasteiger charge is 2.24. The SMILES string of the molecule is Cc1cc(C)cc(C(=O)N2CCC(OCCN)CC2)c1. The second kappa shape index (κ2) is 6.86. The van der Waals surface area contributed by atoms with Crippen molar-refractivity contribution in [2.24, 2.45) is 5.73 Å². The second-order valence-corrected chi connectivity index (χ2v) is 5.53. The molecule has 4 nitrogen and oxygen atoms in total. The van der Waals surface area contributed by atoms with Crippen LogP contribution in [-0.2, 0) is 4.74 Å². The Morgan fingerprint density at radius 2 is 1.85 bits per heavy atom. The van der Waals surface area contributed by atoms with E-state index in [2.05, 4.69) is 6.07 Å². The molecule has 110 valence electrons. The van der Waals surface area contributed by atoms with E-state index in [1.54, 1.807) is 0 Å². The van der Waals surface area contributed by atoms with Gasteiger partial charge < -0.3 is 15.4 Å². The van der Waals surface area contributed by atoms with Crippen molar-refractivity contribution >= 4 is 5.91 Å². The van der Waals surface area contributed by atoms with E-state index in [1.165, 1.54) is 0 Å². The van der Waals surface area contributed by atoms with Crippen LogP contribution >= 0.6 is 0 Å². The van der Waals surface area contributed by atoms with Crippen LogP contribution in [-0.4, -0.2) is 43.2 Å². The predicted octanol–water partition coefficient (Wildman–Crippen LogP) is 1.88. The number of hydrogen-bond donors (Lipinski definition) is 1. The molecule has 1 amide bonds. The van der Waals surface area contributed by atoms with Crippen LogP contribution in [0, 0.1) is 13.8 Å². The van der Waals surface area contributed by atoms with Gasteiger partial charge in [0, 0.05) is 25.2 Å². The van der Waals surface area contributed by atoms with Crippen LogP contribution in [0.15, 0.2) is 18.2 Å². The van der Waals surface area contributed by atoms with E-state index in [1.807, 2.05) is 30.9 Å². The Labute approximate surface area is 120 Å². The fourth-order valence-corrected chi connectivity index (χ4v) is 2.74. The van der Waals surface area contributed by atoms with Crippen molar-refractivity contribution in [1.82, 2.24) is 4.90 Å². The standard InChI is InChI=1S/C16H24N2O2/c1-12-9-13(2)11-14(10-12)16(19)18-6-3-15(4-7-18)20-8-5-17/h9-11,15H,3-8,17H2,1-2H3. The number of nitrogens with zero attached hydrogens (tertiary/aromatic N) is 1. The summed E-state index contributed by atoms with van der Waals surface area (Å²) in [5, 5.41) is 0. The zero-order valence-corrected chi connectivity index (χ0v) is 12.4. The van der Waals surface area contributed by atoms with Gasteiger partial charge in [0.2, 0.25) is 0 Å². The molecule has 0 saturated carbocycles. The highest BCUT2D eigenvalue weighted by Crippen LogP contribution is 2.17. The molecule has 0 bridgehead atoms. The highest BCUT2D eigenvalue weighted by molar-refractivity contribution is 5.94. The maximum atomic E-state index is 12.5. The number of aryl methyl sites for hydroxylation is 2. The Bertz CT molecular complexity index is 445. The third kappa shape index (κ3) is 3.81. The van der Waals surface area contributed by atoms with Crippen molar-refractivity contribution in [2.45, 2.75) is 32.8 Å². The predicted molar refractivity (Wildman–Crippen MR) is 79.8 cm³/mol. The van der Waals surface area contributed by atoms with Gasteiger partial charge in [-0.15, -0.1) is 0 Å². The van der Waals surface area contributed by atoms with Crippen molar-refractivity contribution < 1.29 is 9.53 Å². The third-order valence-corrected chi connectivity index (χ3v) is 3.67. The Morgan fingerprint density at radius 1 is 1.25 bits per heavy atom. The molecule has 1 aliphatic rings. The summed E-state index contributed by atoms with van der Waals surface area (Å²) in [5.74, 6) is 0.133. The van der Waals surface area contributed by atoms with E-state index in [-0.39, 0.29) is 12.0 Å². The monoisotopic (exact) mass is 276 g/mol. The number of piperidine rings is 1. The van der Waals surface area contributed by atoms with Crippen molar-refractivity contribution in [1.29, 1.82) is 0 Å². The van der Waals surface area contributed by atoms with Gasteiger partial charge in [0.25, 0.3) is 5.91 Å². The first-order valence-corrected chi connectivity index (χ1v) is 7.29. The minimum absolute atomic E-state index is 0.133. The van der Waals surface area contributed by atoms with Crippen molar-refractivity contribution in [2.75, 3.05) is 26.2 Å². The Hall–Kier alpha value is -1.39. The lowest BCUT2D eigenvalue weighted by Gasteiger charge is -2.32. The molecule has 0 atom stereocenters. The van der Waals surface area contributed by atoms with Crippen LogP contribution in [0.25, 0.3) is 0 Å². The van der Waals surface area contributed by atoms with Crippen molar-refractivity contribution in [3.63, 3.8) is 0 Å². The van der Waals surface area contributed by atoms with Crippen LogP contribution in [0.5, 0.6) is 0 Å². The number of amides is 1. The fourth-order valence-electron chi connectivity index (χ4n) is 2.74. The molecule has 20 heavy (non-hydrogen) atoms. The van der Waals surface area contributed by atoms with Crippen LogP contribution in [0.3, 0.4) is 0 Å². The molecule has 0 spiro atoms. The number of rotatable bonds is 4. The van der Waals surface area contributed by atoms with Crippen LogP contribution < -0.4 is 5.73 Å². The highest BCUT2D eigenvalue weighted by atomic mass is 16.5. The second-order valence-electron chi connectivity index (χ2n) is 5.53. The molecule has 1 aromatic carbocycles. The summed E-state index contributed by atoms with van der Waals surface area (Å²) in [6.45, 7) is 6.74. The average Bonchev–Trinajstić information content (AvgIpc) is 2.44. The van der Waals surface area contributed by atoms with E-state index in [9.17, 15) is 4.79 Å². The minimum Gasteiger partial charge on any atom is -0.377 e. The van der Waals surface area contributed by atoms with Gasteiger partial charge in [0.1, 0.15) is 0 Å². The summed E-state index contributed by atoms with van der Waals surface area (Å²) in [4.78, 5) is 14.4. The largest absolute Gasteiger partial charge is 0.377 e. The number of carbonyl (C=O) groups is 1. The van der Waals surface area contributed by atoms with Gasteiger partial charge in [0.05, 0.1) is 12.7 Å². The van der Waals surface area contributed by atoms with Gasteiger partial charge in [-0.3, -0.25) is 4.79 Å². The van der Waals surface area contributed by atoms with Gasteiger partial charge in [-0.1, -0.05) is 17.2 Å². The molecule has 4 heteroatoms. The van der Waals surface area contributed by atoms with Gasteiger partial charge in [-0.2, -0.15) is 0 Å². The van der Waals surface area contributed by atoms with Crippen LogP contribution in [0.4, 0.5) is 0 Å². The number of likely N-dealkylation sites (tertiary alicyclic amines) is 1. The van der Waals surface area contributed by atoms with Crippen molar-refractivity contribution in [3.05, 3.63) is 34.9 Å². The summed E-state index contributed by atoms with van der Waals surface area (Å²) in [5.41, 5.74) is 8.50. The molecule has 2 rings (SSSR count). The lowest BCUT2D eigenvalue weighted by Crippen LogP contribution is -2.41. The molecular weight excluding hydrogens is 252 g/mol. The molecule has 0 radical (unpaired) electrons. The zero-order valence-electron chi connectivity index (χ0n) is 12.4. The smallest absolute Gasteiger partial charge is 0.253 e. The average molecular weight is 276 g/mol. The number of ether oxygens (including phenoxy) is 1. The van der Waals surface area contributed by atoms with Gasteiger partial charge >= 0.3 is 0 Å². The summed E-state index contributed by atoms with van der Waals surface area (Å²) in [6, 6.07) is 6.02.